The number of benzene rings is 3. The number of hydrogen-bond donors (Lipinski definition) is 1. The first-order chi connectivity index (χ1) is 18.1. The summed E-state index contributed by atoms with van der Waals surface area (Å²) in [6, 6.07) is 22.3. The van der Waals surface area contributed by atoms with Gasteiger partial charge < -0.3 is 15.1 Å². The van der Waals surface area contributed by atoms with Crippen molar-refractivity contribution < 1.29 is 14.0 Å². The number of hydrogen-bond acceptors (Lipinski definition) is 4. The van der Waals surface area contributed by atoms with Gasteiger partial charge in [0.1, 0.15) is 5.82 Å². The summed E-state index contributed by atoms with van der Waals surface area (Å²) in [5.74, 6) is -0.676. The zero-order valence-corrected chi connectivity index (χ0v) is 20.8. The SMILES string of the molecule is O=C(NCCN1CCN(c2ccccc2F)CC1)[C@@H]1c2ccccc2C(=O)N2CCc3ccccc3[C@H]12. The summed E-state index contributed by atoms with van der Waals surface area (Å²) in [4.78, 5) is 33.4. The lowest BCUT2D eigenvalue weighted by Crippen LogP contribution is -2.51. The fourth-order valence-electron chi connectivity index (χ4n) is 6.13. The van der Waals surface area contributed by atoms with E-state index >= 15 is 0 Å². The highest BCUT2D eigenvalue weighted by Crippen LogP contribution is 2.45. The highest BCUT2D eigenvalue weighted by atomic mass is 19.1. The van der Waals surface area contributed by atoms with Crippen molar-refractivity contribution in [3.63, 3.8) is 0 Å². The van der Waals surface area contributed by atoms with Crippen molar-refractivity contribution >= 4 is 17.5 Å². The Balaban J connectivity index is 1.14. The number of carbonyl (C=O) groups excluding carboxylic acids is 2. The van der Waals surface area contributed by atoms with Crippen LogP contribution in [-0.4, -0.2) is 67.4 Å². The summed E-state index contributed by atoms with van der Waals surface area (Å²) >= 11 is 0. The smallest absolute Gasteiger partial charge is 0.254 e. The van der Waals surface area contributed by atoms with Gasteiger partial charge in [-0.1, -0.05) is 54.6 Å². The lowest BCUT2D eigenvalue weighted by Gasteiger charge is -2.45. The van der Waals surface area contributed by atoms with Crippen LogP contribution in [0.2, 0.25) is 0 Å². The molecule has 0 bridgehead atoms. The molecule has 3 heterocycles. The zero-order chi connectivity index (χ0) is 25.4. The Labute approximate surface area is 216 Å². The van der Waals surface area contributed by atoms with E-state index in [0.29, 0.717) is 24.3 Å². The third kappa shape index (κ3) is 4.37. The molecule has 1 saturated heterocycles. The largest absolute Gasteiger partial charge is 0.367 e. The second-order valence-electron chi connectivity index (χ2n) is 10.0. The molecule has 7 heteroatoms. The Morgan fingerprint density at radius 1 is 0.865 bits per heavy atom. The number of carbonyl (C=O) groups is 2. The Bertz CT molecular complexity index is 1320. The molecule has 3 aromatic rings. The Hall–Kier alpha value is -3.71. The molecule has 1 N–H and O–H groups in total. The molecule has 0 unspecified atom stereocenters. The van der Waals surface area contributed by atoms with Gasteiger partial charge in [-0.2, -0.15) is 0 Å². The van der Waals surface area contributed by atoms with Crippen molar-refractivity contribution in [2.24, 2.45) is 0 Å². The molecule has 3 aliphatic rings. The monoisotopic (exact) mass is 498 g/mol. The van der Waals surface area contributed by atoms with E-state index in [1.54, 1.807) is 6.07 Å². The summed E-state index contributed by atoms with van der Waals surface area (Å²) in [5, 5.41) is 3.18. The maximum atomic E-state index is 14.2. The number of amides is 2. The molecule has 0 aliphatic carbocycles. The molecule has 190 valence electrons. The first-order valence-corrected chi connectivity index (χ1v) is 13.1. The van der Waals surface area contributed by atoms with Gasteiger partial charge in [-0.15, -0.1) is 0 Å². The first-order valence-electron chi connectivity index (χ1n) is 13.1. The number of nitrogens with zero attached hydrogens (tertiary/aromatic N) is 3. The van der Waals surface area contributed by atoms with Crippen LogP contribution >= 0.6 is 0 Å². The summed E-state index contributed by atoms with van der Waals surface area (Å²) in [5.41, 5.74) is 4.37. The van der Waals surface area contributed by atoms with E-state index in [0.717, 1.165) is 50.3 Å². The minimum atomic E-state index is -0.451. The molecular weight excluding hydrogens is 467 g/mol. The fourth-order valence-corrected chi connectivity index (χ4v) is 6.13. The maximum absolute atomic E-state index is 14.2. The lowest BCUT2D eigenvalue weighted by atomic mass is 9.76. The Morgan fingerprint density at radius 3 is 2.38 bits per heavy atom. The molecular formula is C30H31FN4O2. The molecule has 0 aromatic heterocycles. The van der Waals surface area contributed by atoms with Crippen molar-refractivity contribution in [2.45, 2.75) is 18.4 Å². The average Bonchev–Trinajstić information content (AvgIpc) is 2.94. The maximum Gasteiger partial charge on any atom is 0.254 e. The van der Waals surface area contributed by atoms with Crippen LogP contribution in [0.5, 0.6) is 0 Å². The minimum absolute atomic E-state index is 0.00637. The van der Waals surface area contributed by atoms with Gasteiger partial charge in [-0.05, 0) is 41.3 Å². The number of halogens is 1. The number of rotatable bonds is 5. The number of fused-ring (bicyclic) bond motifs is 4. The van der Waals surface area contributed by atoms with Gasteiger partial charge in [0.05, 0.1) is 17.6 Å². The Morgan fingerprint density at radius 2 is 1.57 bits per heavy atom. The highest BCUT2D eigenvalue weighted by molar-refractivity contribution is 6.01. The van der Waals surface area contributed by atoms with Gasteiger partial charge in [0, 0.05) is 51.4 Å². The van der Waals surface area contributed by atoms with Crippen LogP contribution in [0.25, 0.3) is 0 Å². The van der Waals surface area contributed by atoms with Gasteiger partial charge in [0.25, 0.3) is 5.91 Å². The van der Waals surface area contributed by atoms with Crippen molar-refractivity contribution in [1.82, 2.24) is 15.1 Å². The van der Waals surface area contributed by atoms with E-state index in [4.69, 9.17) is 0 Å². The molecule has 6 rings (SSSR count). The van der Waals surface area contributed by atoms with Crippen molar-refractivity contribution in [2.75, 3.05) is 50.7 Å². The van der Waals surface area contributed by atoms with E-state index in [1.807, 2.05) is 53.4 Å². The quantitative estimate of drug-likeness (QED) is 0.584. The van der Waals surface area contributed by atoms with Gasteiger partial charge in [0.15, 0.2) is 0 Å². The van der Waals surface area contributed by atoms with Crippen LogP contribution in [-0.2, 0) is 11.2 Å². The third-order valence-corrected chi connectivity index (χ3v) is 8.01. The lowest BCUT2D eigenvalue weighted by molar-refractivity contribution is -0.124. The third-order valence-electron chi connectivity index (χ3n) is 8.01. The number of para-hydroxylation sites is 1. The van der Waals surface area contributed by atoms with Gasteiger partial charge in [0.2, 0.25) is 5.91 Å². The van der Waals surface area contributed by atoms with E-state index < -0.39 is 5.92 Å². The van der Waals surface area contributed by atoms with Crippen LogP contribution in [0, 0.1) is 5.82 Å². The van der Waals surface area contributed by atoms with Crippen LogP contribution in [0.1, 0.15) is 39.0 Å². The molecule has 0 saturated carbocycles. The molecule has 0 radical (unpaired) electrons. The van der Waals surface area contributed by atoms with Crippen molar-refractivity contribution in [1.29, 1.82) is 0 Å². The molecule has 0 spiro atoms. The van der Waals surface area contributed by atoms with Gasteiger partial charge in [-0.25, -0.2) is 4.39 Å². The topological polar surface area (TPSA) is 55.9 Å². The second-order valence-corrected chi connectivity index (χ2v) is 10.0. The average molecular weight is 499 g/mol. The van der Waals surface area contributed by atoms with Crippen molar-refractivity contribution in [3.8, 4) is 0 Å². The summed E-state index contributed by atoms with van der Waals surface area (Å²) < 4.78 is 14.2. The number of anilines is 1. The second kappa shape index (κ2) is 9.98. The highest BCUT2D eigenvalue weighted by Gasteiger charge is 2.46. The first kappa shape index (κ1) is 23.7. The normalized spacial score (nSPS) is 21.2. The van der Waals surface area contributed by atoms with Crippen molar-refractivity contribution in [3.05, 3.63) is 101 Å². The number of nitrogens with one attached hydrogen (secondary N) is 1. The molecule has 3 aliphatic heterocycles. The Kier molecular flexibility index (Phi) is 6.38. The summed E-state index contributed by atoms with van der Waals surface area (Å²) in [6.45, 7) is 5.00. The van der Waals surface area contributed by atoms with E-state index in [1.165, 1.54) is 11.6 Å². The van der Waals surface area contributed by atoms with Gasteiger partial charge >= 0.3 is 0 Å². The molecule has 2 atom stereocenters. The molecule has 37 heavy (non-hydrogen) atoms. The predicted octanol–water partition coefficient (Wildman–Crippen LogP) is 3.60. The molecule has 3 aromatic carbocycles. The molecule has 1 fully saturated rings. The van der Waals surface area contributed by atoms with Crippen LogP contribution in [0.4, 0.5) is 10.1 Å². The van der Waals surface area contributed by atoms with E-state index in [9.17, 15) is 14.0 Å². The predicted molar refractivity (Wildman–Crippen MR) is 141 cm³/mol. The summed E-state index contributed by atoms with van der Waals surface area (Å²) in [6.07, 6.45) is 0.799. The van der Waals surface area contributed by atoms with Crippen LogP contribution in [0.3, 0.4) is 0 Å². The van der Waals surface area contributed by atoms with E-state index in [-0.39, 0.29) is 23.7 Å². The fraction of sp³-hybridized carbons (Fsp3) is 0.333. The minimum Gasteiger partial charge on any atom is -0.367 e. The van der Waals surface area contributed by atoms with Gasteiger partial charge in [-0.3, -0.25) is 14.5 Å². The standard InChI is InChI=1S/C30H31FN4O2/c31-25-11-5-6-12-26(25)34-19-17-33(18-20-34)16-14-32-29(36)27-23-9-3-4-10-24(23)30(37)35-15-13-21-7-1-2-8-22(21)28(27)35/h1-12,27-28H,13-20H2,(H,32,36)/t27-,28-/m1/s1. The van der Waals surface area contributed by atoms with Crippen LogP contribution < -0.4 is 10.2 Å². The zero-order valence-electron chi connectivity index (χ0n) is 20.8. The molecule has 6 nitrogen and oxygen atoms in total. The summed E-state index contributed by atoms with van der Waals surface area (Å²) in [7, 11) is 0. The van der Waals surface area contributed by atoms with E-state index in [2.05, 4.69) is 27.2 Å². The molecule has 2 amide bonds. The van der Waals surface area contributed by atoms with Crippen LogP contribution in [0.15, 0.2) is 72.8 Å². The number of piperazine rings is 1.